The van der Waals surface area contributed by atoms with Crippen molar-refractivity contribution in [3.05, 3.63) is 70.6 Å². The Labute approximate surface area is 153 Å². The number of ether oxygens (including phenoxy) is 1. The summed E-state index contributed by atoms with van der Waals surface area (Å²) in [5.41, 5.74) is 4.86. The van der Waals surface area contributed by atoms with Crippen LogP contribution in [0.15, 0.2) is 53.9 Å². The van der Waals surface area contributed by atoms with Gasteiger partial charge in [-0.25, -0.2) is 8.42 Å². The lowest BCUT2D eigenvalue weighted by atomic mass is 10.1. The molecule has 0 spiro atoms. The number of nitrogens with one attached hydrogen (secondary N) is 2. The number of sulfonamides is 1. The third-order valence-corrected chi connectivity index (χ3v) is 4.66. The number of aryl methyl sites for hydroxylation is 1. The number of carbonyl (C=O) groups is 1. The largest absolute Gasteiger partial charge is 0.481 e. The van der Waals surface area contributed by atoms with Crippen molar-refractivity contribution in [2.45, 2.75) is 26.9 Å². The van der Waals surface area contributed by atoms with Crippen molar-refractivity contribution >= 4 is 22.0 Å². The molecular weight excluding hydrogens is 352 g/mol. The molecule has 6 nitrogen and oxygen atoms in total. The Morgan fingerprint density at radius 3 is 2.46 bits per heavy atom. The summed E-state index contributed by atoms with van der Waals surface area (Å²) in [7, 11) is -3.81. The van der Waals surface area contributed by atoms with Gasteiger partial charge in [-0.1, -0.05) is 42.5 Å². The molecule has 7 heteroatoms. The highest BCUT2D eigenvalue weighted by molar-refractivity contribution is 7.92. The summed E-state index contributed by atoms with van der Waals surface area (Å²) >= 11 is 0. The second kappa shape index (κ2) is 8.64. The fourth-order valence-electron chi connectivity index (χ4n) is 2.09. The van der Waals surface area contributed by atoms with Gasteiger partial charge in [0.25, 0.3) is 15.9 Å². The van der Waals surface area contributed by atoms with E-state index in [2.05, 4.69) is 5.43 Å². The molecule has 0 aliphatic rings. The average Bonchev–Trinajstić information content (AvgIpc) is 2.63. The van der Waals surface area contributed by atoms with Gasteiger partial charge in [0.15, 0.2) is 6.10 Å². The van der Waals surface area contributed by atoms with Crippen LogP contribution in [0.5, 0.6) is 5.75 Å². The normalized spacial score (nSPS) is 12.7. The van der Waals surface area contributed by atoms with Crippen LogP contribution in [0.25, 0.3) is 6.08 Å². The molecule has 1 atom stereocenters. The topological polar surface area (TPSA) is 84.5 Å². The summed E-state index contributed by atoms with van der Waals surface area (Å²) in [6.07, 6.45) is 0.571. The molecule has 0 saturated carbocycles. The number of carbonyl (C=O) groups excluding carboxylic acids is 1. The Bertz CT molecular complexity index is 893. The Balaban J connectivity index is 1.92. The van der Waals surface area contributed by atoms with Gasteiger partial charge in [-0.05, 0) is 49.6 Å². The third kappa shape index (κ3) is 5.72. The van der Waals surface area contributed by atoms with E-state index in [1.54, 1.807) is 37.3 Å². The van der Waals surface area contributed by atoms with Crippen LogP contribution >= 0.6 is 0 Å². The molecule has 0 aliphatic carbocycles. The molecule has 0 aliphatic heterocycles. The minimum absolute atomic E-state index is 0.583. The lowest BCUT2D eigenvalue weighted by Crippen LogP contribution is -2.46. The van der Waals surface area contributed by atoms with Crippen molar-refractivity contribution in [1.82, 2.24) is 10.3 Å². The average molecular weight is 374 g/mol. The van der Waals surface area contributed by atoms with Crippen LogP contribution in [-0.4, -0.2) is 20.4 Å². The number of benzene rings is 2. The van der Waals surface area contributed by atoms with Crippen molar-refractivity contribution < 1.29 is 17.9 Å². The molecule has 0 aromatic heterocycles. The van der Waals surface area contributed by atoms with E-state index in [9.17, 15) is 13.2 Å². The number of amides is 1. The molecule has 2 aromatic carbocycles. The molecule has 0 heterocycles. The van der Waals surface area contributed by atoms with Gasteiger partial charge in [-0.15, -0.1) is 4.83 Å². The third-order valence-electron chi connectivity index (χ3n) is 3.78. The van der Waals surface area contributed by atoms with E-state index in [0.29, 0.717) is 5.75 Å². The molecule has 0 radical (unpaired) electrons. The molecule has 0 bridgehead atoms. The zero-order valence-electron chi connectivity index (χ0n) is 14.9. The summed E-state index contributed by atoms with van der Waals surface area (Å²) in [6.45, 7) is 5.39. The minimum Gasteiger partial charge on any atom is -0.481 e. The lowest BCUT2D eigenvalue weighted by Gasteiger charge is -2.17. The zero-order chi connectivity index (χ0) is 19.2. The van der Waals surface area contributed by atoms with Crippen LogP contribution in [0, 0.1) is 13.8 Å². The SMILES string of the molecule is Cc1cccc(O[C@@H](C)C(=O)NNS(=O)(=O)/C=C/c2ccccc2)c1C. The van der Waals surface area contributed by atoms with Crippen LogP contribution in [0.2, 0.25) is 0 Å². The molecule has 26 heavy (non-hydrogen) atoms. The van der Waals surface area contributed by atoms with E-state index in [0.717, 1.165) is 22.1 Å². The van der Waals surface area contributed by atoms with Crippen molar-refractivity contribution in [1.29, 1.82) is 0 Å². The van der Waals surface area contributed by atoms with Crippen LogP contribution in [0.4, 0.5) is 0 Å². The first kappa shape index (κ1) is 19.7. The fraction of sp³-hybridized carbons (Fsp3) is 0.211. The maximum atomic E-state index is 12.1. The highest BCUT2D eigenvalue weighted by Crippen LogP contribution is 2.21. The predicted octanol–water partition coefficient (Wildman–Crippen LogP) is 2.69. The van der Waals surface area contributed by atoms with Gasteiger partial charge in [-0.3, -0.25) is 10.2 Å². The van der Waals surface area contributed by atoms with Gasteiger partial charge in [0, 0.05) is 5.41 Å². The maximum absolute atomic E-state index is 12.1. The first-order valence-corrected chi connectivity index (χ1v) is 9.61. The first-order chi connectivity index (χ1) is 12.3. The predicted molar refractivity (Wildman–Crippen MR) is 102 cm³/mol. The standard InChI is InChI=1S/C19H22N2O4S/c1-14-8-7-11-18(15(14)2)25-16(3)19(22)20-21-26(23,24)13-12-17-9-5-4-6-10-17/h4-13,16,21H,1-3H3,(H,20,22)/b13-12+/t16-/m0/s1. The second-order valence-corrected chi connectivity index (χ2v) is 7.37. The summed E-state index contributed by atoms with van der Waals surface area (Å²) in [6, 6.07) is 14.5. The zero-order valence-corrected chi connectivity index (χ0v) is 15.7. The Morgan fingerprint density at radius 2 is 1.77 bits per heavy atom. The van der Waals surface area contributed by atoms with Crippen molar-refractivity contribution in [2.75, 3.05) is 0 Å². The summed E-state index contributed by atoms with van der Waals surface area (Å²) in [4.78, 5) is 14.1. The van der Waals surface area contributed by atoms with Gasteiger partial charge in [0.1, 0.15) is 5.75 Å². The molecule has 0 fully saturated rings. The molecule has 2 aromatic rings. The van der Waals surface area contributed by atoms with Gasteiger partial charge in [0.2, 0.25) is 0 Å². The summed E-state index contributed by atoms with van der Waals surface area (Å²) < 4.78 is 29.5. The number of hydrogen-bond acceptors (Lipinski definition) is 4. The smallest absolute Gasteiger partial charge is 0.275 e. The maximum Gasteiger partial charge on any atom is 0.275 e. The first-order valence-electron chi connectivity index (χ1n) is 8.06. The van der Waals surface area contributed by atoms with Gasteiger partial charge in [0.05, 0.1) is 0 Å². The van der Waals surface area contributed by atoms with Crippen LogP contribution in [0.1, 0.15) is 23.6 Å². The summed E-state index contributed by atoms with van der Waals surface area (Å²) in [5, 5.41) is 0.985. The van der Waals surface area contributed by atoms with E-state index >= 15 is 0 Å². The van der Waals surface area contributed by atoms with Gasteiger partial charge < -0.3 is 4.74 Å². The fourth-order valence-corrected chi connectivity index (χ4v) is 2.73. The van der Waals surface area contributed by atoms with Gasteiger partial charge >= 0.3 is 0 Å². The van der Waals surface area contributed by atoms with E-state index in [1.807, 2.05) is 36.9 Å². The molecule has 0 saturated heterocycles. The molecule has 1 amide bonds. The van der Waals surface area contributed by atoms with Crippen molar-refractivity contribution in [3.8, 4) is 5.75 Å². The van der Waals surface area contributed by atoms with Crippen molar-refractivity contribution in [3.63, 3.8) is 0 Å². The van der Waals surface area contributed by atoms with E-state index in [-0.39, 0.29) is 0 Å². The van der Waals surface area contributed by atoms with E-state index < -0.39 is 22.0 Å². The van der Waals surface area contributed by atoms with E-state index in [1.165, 1.54) is 6.08 Å². The van der Waals surface area contributed by atoms with Gasteiger partial charge in [-0.2, -0.15) is 0 Å². The highest BCUT2D eigenvalue weighted by atomic mass is 32.2. The van der Waals surface area contributed by atoms with Crippen LogP contribution < -0.4 is 15.0 Å². The molecule has 0 unspecified atom stereocenters. The number of hydrazine groups is 1. The van der Waals surface area contributed by atoms with Crippen LogP contribution in [0.3, 0.4) is 0 Å². The molecule has 138 valence electrons. The van der Waals surface area contributed by atoms with Crippen LogP contribution in [-0.2, 0) is 14.8 Å². The minimum atomic E-state index is -3.81. The molecule has 2 rings (SSSR count). The molecular formula is C19H22N2O4S. The van der Waals surface area contributed by atoms with E-state index in [4.69, 9.17) is 4.74 Å². The second-order valence-electron chi connectivity index (χ2n) is 5.81. The highest BCUT2D eigenvalue weighted by Gasteiger charge is 2.17. The lowest BCUT2D eigenvalue weighted by molar-refractivity contribution is -0.127. The van der Waals surface area contributed by atoms with Crippen molar-refractivity contribution in [2.24, 2.45) is 0 Å². The monoisotopic (exact) mass is 374 g/mol. The number of rotatable bonds is 7. The Hall–Kier alpha value is -2.64. The number of hydrogen-bond donors (Lipinski definition) is 2. The summed E-state index contributed by atoms with van der Waals surface area (Å²) in [5.74, 6) is -0.0120. The molecule has 2 N–H and O–H groups in total. The quantitative estimate of drug-likeness (QED) is 0.730. The Morgan fingerprint density at radius 1 is 1.08 bits per heavy atom. The Kier molecular flexibility index (Phi) is 6.54.